The highest BCUT2D eigenvalue weighted by atomic mass is 35.5. The molecule has 1 fully saturated rings. The van der Waals surface area contributed by atoms with E-state index >= 15 is 0 Å². The largest absolute Gasteiger partial charge is 0.352 e. The smallest absolute Gasteiger partial charge is 0.191 e. The number of nitrogens with one attached hydrogen (secondary N) is 1. The van der Waals surface area contributed by atoms with Crippen molar-refractivity contribution < 1.29 is 0 Å². The summed E-state index contributed by atoms with van der Waals surface area (Å²) in [6.45, 7) is 6.98. The molecule has 0 unspecified atom stereocenters. The molecule has 0 amide bonds. The van der Waals surface area contributed by atoms with Gasteiger partial charge in [-0.2, -0.15) is 0 Å². The fourth-order valence-electron chi connectivity index (χ4n) is 3.96. The van der Waals surface area contributed by atoms with Gasteiger partial charge in [0.2, 0.25) is 0 Å². The number of rotatable bonds is 8. The van der Waals surface area contributed by atoms with Crippen LogP contribution in [0.4, 0.5) is 16.6 Å². The van der Waals surface area contributed by atoms with Gasteiger partial charge in [0.1, 0.15) is 5.52 Å². The average Bonchev–Trinajstić information content (AvgIpc) is 3.27. The van der Waals surface area contributed by atoms with Gasteiger partial charge < -0.3 is 10.2 Å². The fourth-order valence-corrected chi connectivity index (χ4v) is 5.74. The number of thiazole rings is 1. The average molecular weight is 511 g/mol. The molecule has 1 aliphatic heterocycles. The Balaban J connectivity index is 1.38. The van der Waals surface area contributed by atoms with Gasteiger partial charge in [-0.15, -0.1) is 0 Å². The maximum absolute atomic E-state index is 6.35. The van der Waals surface area contributed by atoms with Gasteiger partial charge in [0.25, 0.3) is 0 Å². The summed E-state index contributed by atoms with van der Waals surface area (Å²) in [4.78, 5) is 20.4. The summed E-state index contributed by atoms with van der Waals surface area (Å²) in [5, 5.41) is 5.63. The Morgan fingerprint density at radius 3 is 2.50 bits per heavy atom. The van der Waals surface area contributed by atoms with E-state index in [1.165, 1.54) is 5.56 Å². The summed E-state index contributed by atoms with van der Waals surface area (Å²) in [6, 6.07) is 18.4. The SMILES string of the molecule is CCCSc1nc(N2CCN(Cc3ccccc3)CC2)c2nc(Nc3ccccc3Cl)sc2n1. The first-order chi connectivity index (χ1) is 16.7. The van der Waals surface area contributed by atoms with Gasteiger partial charge in [-0.1, -0.05) is 84.1 Å². The third kappa shape index (κ3) is 5.46. The minimum absolute atomic E-state index is 0.668. The first-order valence-corrected chi connectivity index (χ1v) is 13.7. The molecule has 0 saturated carbocycles. The fraction of sp³-hybridized carbons (Fsp3) is 0.320. The number of hydrogen-bond acceptors (Lipinski definition) is 8. The van der Waals surface area contributed by atoms with Crippen LogP contribution in [0.2, 0.25) is 5.02 Å². The number of fused-ring (bicyclic) bond motifs is 1. The van der Waals surface area contributed by atoms with Gasteiger partial charge >= 0.3 is 0 Å². The highest BCUT2D eigenvalue weighted by Crippen LogP contribution is 2.35. The summed E-state index contributed by atoms with van der Waals surface area (Å²) < 4.78 is 0. The maximum atomic E-state index is 6.35. The van der Waals surface area contributed by atoms with Gasteiger partial charge in [-0.05, 0) is 24.1 Å². The Morgan fingerprint density at radius 1 is 0.971 bits per heavy atom. The van der Waals surface area contributed by atoms with Crippen molar-refractivity contribution in [2.45, 2.75) is 25.0 Å². The van der Waals surface area contributed by atoms with Gasteiger partial charge in [0.05, 0.1) is 10.7 Å². The number of thioether (sulfide) groups is 1. The Bertz CT molecular complexity index is 1240. The zero-order chi connectivity index (χ0) is 23.3. The first-order valence-electron chi connectivity index (χ1n) is 11.5. The molecule has 1 aliphatic rings. The van der Waals surface area contributed by atoms with Crippen LogP contribution in [0.1, 0.15) is 18.9 Å². The molecule has 2 aromatic carbocycles. The third-order valence-electron chi connectivity index (χ3n) is 5.69. The van der Waals surface area contributed by atoms with Gasteiger partial charge in [0, 0.05) is 38.5 Å². The van der Waals surface area contributed by atoms with E-state index in [-0.39, 0.29) is 0 Å². The summed E-state index contributed by atoms with van der Waals surface area (Å²) in [6.07, 6.45) is 1.08. The van der Waals surface area contributed by atoms with E-state index in [2.05, 4.69) is 52.4 Å². The van der Waals surface area contributed by atoms with Crippen LogP contribution in [0.25, 0.3) is 10.3 Å². The summed E-state index contributed by atoms with van der Waals surface area (Å²) in [5.41, 5.74) is 3.05. The van der Waals surface area contributed by atoms with Gasteiger partial charge in [-0.3, -0.25) is 4.90 Å². The highest BCUT2D eigenvalue weighted by Gasteiger charge is 2.23. The number of benzene rings is 2. The lowest BCUT2D eigenvalue weighted by Crippen LogP contribution is -2.46. The standard InChI is InChI=1S/C25H27ClN6S2/c1-2-16-33-24-29-22(32-14-12-31(13-15-32)17-18-8-4-3-5-9-18)21-23(30-24)34-25(28-21)27-20-11-7-6-10-19(20)26/h3-11H,2,12-17H2,1H3,(H,27,28). The second-order valence-corrected chi connectivity index (χ2v) is 10.7. The lowest BCUT2D eigenvalue weighted by Gasteiger charge is -2.35. The van der Waals surface area contributed by atoms with E-state index < -0.39 is 0 Å². The van der Waals surface area contributed by atoms with Crippen molar-refractivity contribution >= 4 is 61.7 Å². The van der Waals surface area contributed by atoms with Crippen molar-refractivity contribution in [3.8, 4) is 0 Å². The van der Waals surface area contributed by atoms with Crippen LogP contribution in [0.5, 0.6) is 0 Å². The second-order valence-electron chi connectivity index (χ2n) is 8.20. The van der Waals surface area contributed by atoms with Crippen molar-refractivity contribution in [2.24, 2.45) is 0 Å². The van der Waals surface area contributed by atoms with Crippen molar-refractivity contribution in [2.75, 3.05) is 42.1 Å². The third-order valence-corrected chi connectivity index (χ3v) is 7.94. The molecule has 0 atom stereocenters. The van der Waals surface area contributed by atoms with E-state index in [1.807, 2.05) is 24.3 Å². The Morgan fingerprint density at radius 2 is 1.74 bits per heavy atom. The summed E-state index contributed by atoms with van der Waals surface area (Å²) in [5.74, 6) is 1.94. The van der Waals surface area contributed by atoms with E-state index in [0.29, 0.717) is 5.02 Å². The van der Waals surface area contributed by atoms with Crippen LogP contribution in [-0.2, 0) is 6.54 Å². The Hall–Kier alpha value is -2.39. The topological polar surface area (TPSA) is 57.2 Å². The molecule has 0 aliphatic carbocycles. The molecular weight excluding hydrogens is 484 g/mol. The molecule has 1 saturated heterocycles. The number of para-hydroxylation sites is 1. The van der Waals surface area contributed by atoms with Crippen molar-refractivity contribution in [3.05, 3.63) is 65.2 Å². The molecule has 6 nitrogen and oxygen atoms in total. The molecule has 34 heavy (non-hydrogen) atoms. The molecule has 5 rings (SSSR count). The first kappa shape index (κ1) is 23.4. The Kier molecular flexibility index (Phi) is 7.49. The number of piperazine rings is 1. The molecule has 3 heterocycles. The maximum Gasteiger partial charge on any atom is 0.191 e. The Labute approximate surface area is 213 Å². The normalized spacial score (nSPS) is 14.6. The highest BCUT2D eigenvalue weighted by molar-refractivity contribution is 7.99. The molecule has 0 spiro atoms. The van der Waals surface area contributed by atoms with E-state index in [0.717, 1.165) is 77.0 Å². The van der Waals surface area contributed by atoms with Crippen LogP contribution < -0.4 is 10.2 Å². The number of nitrogens with zero attached hydrogens (tertiary/aromatic N) is 5. The molecule has 176 valence electrons. The van der Waals surface area contributed by atoms with Crippen LogP contribution in [0.15, 0.2) is 59.8 Å². The van der Waals surface area contributed by atoms with E-state index in [1.54, 1.807) is 23.1 Å². The molecule has 9 heteroatoms. The zero-order valence-electron chi connectivity index (χ0n) is 19.1. The predicted molar refractivity (Wildman–Crippen MR) is 145 cm³/mol. The number of hydrogen-bond donors (Lipinski definition) is 1. The van der Waals surface area contributed by atoms with Crippen LogP contribution in [-0.4, -0.2) is 51.8 Å². The number of aromatic nitrogens is 3. The van der Waals surface area contributed by atoms with Crippen LogP contribution in [0, 0.1) is 0 Å². The van der Waals surface area contributed by atoms with Crippen molar-refractivity contribution in [3.63, 3.8) is 0 Å². The van der Waals surface area contributed by atoms with Gasteiger partial charge in [0.15, 0.2) is 20.9 Å². The van der Waals surface area contributed by atoms with Crippen LogP contribution >= 0.6 is 34.7 Å². The lowest BCUT2D eigenvalue weighted by atomic mass is 10.2. The molecule has 1 N–H and O–H groups in total. The van der Waals surface area contributed by atoms with Gasteiger partial charge in [-0.25, -0.2) is 15.0 Å². The summed E-state index contributed by atoms with van der Waals surface area (Å²) >= 11 is 9.61. The number of halogens is 1. The molecule has 2 aromatic heterocycles. The molecule has 4 aromatic rings. The lowest BCUT2D eigenvalue weighted by molar-refractivity contribution is 0.249. The van der Waals surface area contributed by atoms with E-state index in [4.69, 9.17) is 26.6 Å². The van der Waals surface area contributed by atoms with Crippen molar-refractivity contribution in [1.29, 1.82) is 0 Å². The van der Waals surface area contributed by atoms with E-state index in [9.17, 15) is 0 Å². The molecule has 0 radical (unpaired) electrons. The minimum Gasteiger partial charge on any atom is -0.352 e. The second kappa shape index (κ2) is 10.9. The summed E-state index contributed by atoms with van der Waals surface area (Å²) in [7, 11) is 0. The minimum atomic E-state index is 0.668. The van der Waals surface area contributed by atoms with Crippen LogP contribution in [0.3, 0.4) is 0 Å². The monoisotopic (exact) mass is 510 g/mol. The predicted octanol–water partition coefficient (Wildman–Crippen LogP) is 6.31. The zero-order valence-corrected chi connectivity index (χ0v) is 21.5. The number of anilines is 3. The van der Waals surface area contributed by atoms with Crippen molar-refractivity contribution in [1.82, 2.24) is 19.9 Å². The molecular formula is C25H27ClN6S2. The molecule has 0 bridgehead atoms. The quantitative estimate of drug-likeness (QED) is 0.220.